The second kappa shape index (κ2) is 7.76. The number of esters is 1. The molecule has 0 aliphatic heterocycles. The first-order chi connectivity index (χ1) is 11.0. The molecule has 0 atom stereocenters. The Morgan fingerprint density at radius 2 is 1.88 bits per heavy atom. The van der Waals surface area contributed by atoms with Crippen molar-refractivity contribution in [2.24, 2.45) is 0 Å². The Morgan fingerprint density at radius 1 is 1.25 bits per heavy atom. The van der Waals surface area contributed by atoms with Crippen molar-refractivity contribution in [3.63, 3.8) is 0 Å². The molecule has 0 spiro atoms. The minimum atomic E-state index is -3.90. The van der Waals surface area contributed by atoms with E-state index in [1.807, 2.05) is 20.8 Å². The third kappa shape index (κ3) is 5.31. The van der Waals surface area contributed by atoms with Crippen LogP contribution in [0.2, 0.25) is 0 Å². The van der Waals surface area contributed by atoms with E-state index in [1.54, 1.807) is 6.92 Å². The molecule has 7 nitrogen and oxygen atoms in total. The SMILES string of the molecule is CCN(CC(=O)NC(C)(C)C)S(=O)(=O)c1cccc(C(=O)OC)c1. The van der Waals surface area contributed by atoms with Gasteiger partial charge >= 0.3 is 5.97 Å². The maximum atomic E-state index is 12.7. The molecule has 0 aliphatic rings. The lowest BCUT2D eigenvalue weighted by molar-refractivity contribution is -0.122. The van der Waals surface area contributed by atoms with Gasteiger partial charge < -0.3 is 10.1 Å². The van der Waals surface area contributed by atoms with Gasteiger partial charge in [-0.3, -0.25) is 4.79 Å². The first kappa shape index (κ1) is 20.1. The number of hydrogen-bond acceptors (Lipinski definition) is 5. The maximum absolute atomic E-state index is 12.7. The second-order valence-corrected chi connectivity index (χ2v) is 8.19. The van der Waals surface area contributed by atoms with E-state index < -0.39 is 27.4 Å². The summed E-state index contributed by atoms with van der Waals surface area (Å²) in [5, 5.41) is 2.73. The largest absolute Gasteiger partial charge is 0.465 e. The van der Waals surface area contributed by atoms with E-state index in [1.165, 1.54) is 31.4 Å². The fraction of sp³-hybridized carbons (Fsp3) is 0.500. The molecule has 0 aromatic heterocycles. The zero-order valence-electron chi connectivity index (χ0n) is 14.6. The number of benzene rings is 1. The van der Waals surface area contributed by atoms with E-state index in [0.29, 0.717) is 0 Å². The van der Waals surface area contributed by atoms with Gasteiger partial charge in [-0.05, 0) is 39.0 Å². The fourth-order valence-corrected chi connectivity index (χ4v) is 3.49. The summed E-state index contributed by atoms with van der Waals surface area (Å²) in [7, 11) is -2.68. The molecule has 0 radical (unpaired) electrons. The van der Waals surface area contributed by atoms with Gasteiger partial charge in [0.1, 0.15) is 0 Å². The van der Waals surface area contributed by atoms with Crippen LogP contribution in [-0.2, 0) is 19.6 Å². The topological polar surface area (TPSA) is 92.8 Å². The average molecular weight is 356 g/mol. The number of ether oxygens (including phenoxy) is 1. The van der Waals surface area contributed by atoms with Crippen LogP contribution in [0, 0.1) is 0 Å². The van der Waals surface area contributed by atoms with Crippen LogP contribution in [0.25, 0.3) is 0 Å². The van der Waals surface area contributed by atoms with Gasteiger partial charge in [0.25, 0.3) is 0 Å². The maximum Gasteiger partial charge on any atom is 0.337 e. The Bertz CT molecular complexity index is 707. The zero-order valence-corrected chi connectivity index (χ0v) is 15.4. The highest BCUT2D eigenvalue weighted by Crippen LogP contribution is 2.17. The Labute approximate surface area is 143 Å². The summed E-state index contributed by atoms with van der Waals surface area (Å²) in [6.45, 7) is 6.92. The molecule has 0 bridgehead atoms. The molecule has 0 saturated carbocycles. The summed E-state index contributed by atoms with van der Waals surface area (Å²) in [4.78, 5) is 23.5. The first-order valence-corrected chi connectivity index (χ1v) is 8.95. The van der Waals surface area contributed by atoms with Crippen LogP contribution in [0.3, 0.4) is 0 Å². The van der Waals surface area contributed by atoms with Crippen LogP contribution in [0.1, 0.15) is 38.1 Å². The van der Waals surface area contributed by atoms with Gasteiger partial charge in [0.2, 0.25) is 15.9 Å². The highest BCUT2D eigenvalue weighted by molar-refractivity contribution is 7.89. The lowest BCUT2D eigenvalue weighted by Crippen LogP contribution is -2.47. The van der Waals surface area contributed by atoms with Crippen molar-refractivity contribution in [3.05, 3.63) is 29.8 Å². The van der Waals surface area contributed by atoms with Crippen LogP contribution < -0.4 is 5.32 Å². The van der Waals surface area contributed by atoms with Crippen molar-refractivity contribution in [2.75, 3.05) is 20.2 Å². The van der Waals surface area contributed by atoms with Crippen molar-refractivity contribution >= 4 is 21.9 Å². The molecule has 0 heterocycles. The van der Waals surface area contributed by atoms with Crippen molar-refractivity contribution in [2.45, 2.75) is 38.1 Å². The van der Waals surface area contributed by atoms with Gasteiger partial charge in [0.15, 0.2) is 0 Å². The predicted octanol–water partition coefficient (Wildman–Crippen LogP) is 1.40. The molecule has 1 aromatic rings. The highest BCUT2D eigenvalue weighted by Gasteiger charge is 2.27. The monoisotopic (exact) mass is 356 g/mol. The molecule has 0 saturated heterocycles. The molecule has 8 heteroatoms. The average Bonchev–Trinajstić information content (AvgIpc) is 2.50. The third-order valence-corrected chi connectivity index (χ3v) is 5.00. The minimum Gasteiger partial charge on any atom is -0.465 e. The standard InChI is InChI=1S/C16H24N2O5S/c1-6-18(11-14(19)17-16(2,3)4)24(21,22)13-9-7-8-12(10-13)15(20)23-5/h7-10H,6,11H2,1-5H3,(H,17,19). The molecule has 0 unspecified atom stereocenters. The number of nitrogens with one attached hydrogen (secondary N) is 1. The van der Waals surface area contributed by atoms with E-state index in [2.05, 4.69) is 10.1 Å². The summed E-state index contributed by atoms with van der Waals surface area (Å²) in [6, 6.07) is 5.55. The second-order valence-electron chi connectivity index (χ2n) is 6.25. The molecule has 1 aromatic carbocycles. The number of nitrogens with zero attached hydrogens (tertiary/aromatic N) is 1. The summed E-state index contributed by atoms with van der Waals surface area (Å²) in [6.07, 6.45) is 0. The predicted molar refractivity (Wildman–Crippen MR) is 90.1 cm³/mol. The number of likely N-dealkylation sites (N-methyl/N-ethyl adjacent to an activating group) is 1. The van der Waals surface area contributed by atoms with Gasteiger partial charge in [-0.1, -0.05) is 13.0 Å². The van der Waals surface area contributed by atoms with Crippen molar-refractivity contribution < 1.29 is 22.7 Å². The smallest absolute Gasteiger partial charge is 0.337 e. The quantitative estimate of drug-likeness (QED) is 0.778. The number of hydrogen-bond donors (Lipinski definition) is 1. The van der Waals surface area contributed by atoms with Gasteiger partial charge in [0, 0.05) is 12.1 Å². The molecule has 1 N–H and O–H groups in total. The Kier molecular flexibility index (Phi) is 6.50. The Hall–Kier alpha value is -1.93. The van der Waals surface area contributed by atoms with E-state index in [-0.39, 0.29) is 23.5 Å². The van der Waals surface area contributed by atoms with Crippen LogP contribution in [0.5, 0.6) is 0 Å². The van der Waals surface area contributed by atoms with Crippen LogP contribution in [0.15, 0.2) is 29.2 Å². The van der Waals surface area contributed by atoms with Crippen molar-refractivity contribution in [1.29, 1.82) is 0 Å². The third-order valence-electron chi connectivity index (χ3n) is 3.08. The summed E-state index contributed by atoms with van der Waals surface area (Å²) in [5.74, 6) is -1.02. The normalized spacial score (nSPS) is 12.1. The number of carbonyl (C=O) groups is 2. The van der Waals surface area contributed by atoms with Crippen LogP contribution in [0.4, 0.5) is 0 Å². The molecule has 24 heavy (non-hydrogen) atoms. The summed E-state index contributed by atoms with van der Waals surface area (Å²) in [5.41, 5.74) is -0.320. The van der Waals surface area contributed by atoms with Crippen LogP contribution >= 0.6 is 0 Å². The van der Waals surface area contributed by atoms with E-state index >= 15 is 0 Å². The number of carbonyl (C=O) groups excluding carboxylic acids is 2. The highest BCUT2D eigenvalue weighted by atomic mass is 32.2. The molecule has 1 rings (SSSR count). The van der Waals surface area contributed by atoms with Gasteiger partial charge in [-0.15, -0.1) is 0 Å². The molecular weight excluding hydrogens is 332 g/mol. The lowest BCUT2D eigenvalue weighted by Gasteiger charge is -2.24. The molecular formula is C16H24N2O5S. The van der Waals surface area contributed by atoms with Crippen LogP contribution in [-0.4, -0.2) is 50.3 Å². The first-order valence-electron chi connectivity index (χ1n) is 7.51. The minimum absolute atomic E-state index is 0.0594. The number of amides is 1. The van der Waals surface area contributed by atoms with E-state index in [4.69, 9.17) is 0 Å². The van der Waals surface area contributed by atoms with Gasteiger partial charge in [-0.2, -0.15) is 4.31 Å². The molecule has 0 aliphatic carbocycles. The molecule has 0 fully saturated rings. The summed E-state index contributed by atoms with van der Waals surface area (Å²) >= 11 is 0. The van der Waals surface area contributed by atoms with Crippen molar-refractivity contribution in [3.8, 4) is 0 Å². The van der Waals surface area contributed by atoms with E-state index in [9.17, 15) is 18.0 Å². The summed E-state index contributed by atoms with van der Waals surface area (Å²) < 4.78 is 31.1. The Morgan fingerprint density at radius 3 is 2.38 bits per heavy atom. The molecule has 1 amide bonds. The number of sulfonamides is 1. The number of methoxy groups -OCH3 is 1. The molecule has 134 valence electrons. The van der Waals surface area contributed by atoms with Crippen molar-refractivity contribution in [1.82, 2.24) is 9.62 Å². The van der Waals surface area contributed by atoms with Gasteiger partial charge in [0.05, 0.1) is 24.1 Å². The zero-order chi connectivity index (χ0) is 18.5. The van der Waals surface area contributed by atoms with Gasteiger partial charge in [-0.25, -0.2) is 13.2 Å². The van der Waals surface area contributed by atoms with E-state index in [0.717, 1.165) is 4.31 Å². The lowest BCUT2D eigenvalue weighted by atomic mass is 10.1. The number of rotatable bonds is 6. The Balaban J connectivity index is 3.08. The fourth-order valence-electron chi connectivity index (χ4n) is 2.04.